The number of ether oxygens (including phenoxy) is 1. The maximum Gasteiger partial charge on any atom is 0.253 e. The van der Waals surface area contributed by atoms with Crippen LogP contribution in [-0.2, 0) is 13.1 Å². The lowest BCUT2D eigenvalue weighted by Crippen LogP contribution is -2.27. The van der Waals surface area contributed by atoms with Gasteiger partial charge in [-0.05, 0) is 41.5 Å². The number of carbonyl (C=O) groups excluding carboxylic acids is 2. The van der Waals surface area contributed by atoms with Crippen molar-refractivity contribution in [3.05, 3.63) is 101 Å². The monoisotopic (exact) mass is 388 g/mol. The molecular weight excluding hydrogens is 364 g/mol. The van der Waals surface area contributed by atoms with E-state index in [1.54, 1.807) is 43.3 Å². The van der Waals surface area contributed by atoms with E-state index in [2.05, 4.69) is 5.32 Å². The van der Waals surface area contributed by atoms with E-state index < -0.39 is 0 Å². The van der Waals surface area contributed by atoms with Crippen molar-refractivity contribution in [2.75, 3.05) is 14.2 Å². The first-order valence-electron chi connectivity index (χ1n) is 9.37. The summed E-state index contributed by atoms with van der Waals surface area (Å²) in [7, 11) is 3.37. The molecule has 3 aromatic carbocycles. The number of carbonyl (C=O) groups is 2. The smallest absolute Gasteiger partial charge is 0.253 e. The fourth-order valence-electron chi connectivity index (χ4n) is 2.97. The molecule has 29 heavy (non-hydrogen) atoms. The summed E-state index contributed by atoms with van der Waals surface area (Å²) in [5, 5.41) is 2.88. The second-order valence-electron chi connectivity index (χ2n) is 6.76. The molecule has 0 aromatic heterocycles. The number of hydrogen-bond donors (Lipinski definition) is 1. The Hall–Kier alpha value is -3.60. The van der Waals surface area contributed by atoms with Crippen LogP contribution in [0.3, 0.4) is 0 Å². The van der Waals surface area contributed by atoms with Crippen molar-refractivity contribution in [3.63, 3.8) is 0 Å². The summed E-state index contributed by atoms with van der Waals surface area (Å²) in [4.78, 5) is 26.9. The highest BCUT2D eigenvalue weighted by molar-refractivity contribution is 5.99. The molecule has 3 rings (SSSR count). The first-order chi connectivity index (χ1) is 14.1. The number of hydrogen-bond acceptors (Lipinski definition) is 3. The Labute approximate surface area is 170 Å². The van der Waals surface area contributed by atoms with E-state index in [0.29, 0.717) is 24.2 Å². The van der Waals surface area contributed by atoms with Crippen molar-refractivity contribution < 1.29 is 14.3 Å². The Morgan fingerprint density at radius 1 is 0.862 bits per heavy atom. The molecule has 3 aromatic rings. The van der Waals surface area contributed by atoms with Crippen molar-refractivity contribution in [2.45, 2.75) is 13.1 Å². The van der Waals surface area contributed by atoms with Gasteiger partial charge in [-0.2, -0.15) is 0 Å². The number of benzene rings is 3. The van der Waals surface area contributed by atoms with Crippen LogP contribution < -0.4 is 10.1 Å². The highest BCUT2D eigenvalue weighted by atomic mass is 16.5. The average molecular weight is 388 g/mol. The van der Waals surface area contributed by atoms with Crippen LogP contribution in [0.5, 0.6) is 5.75 Å². The highest BCUT2D eigenvalue weighted by Gasteiger charge is 2.14. The number of nitrogens with zero attached hydrogens (tertiary/aromatic N) is 1. The quantitative estimate of drug-likeness (QED) is 0.668. The number of methoxy groups -OCH3 is 1. The van der Waals surface area contributed by atoms with Crippen LogP contribution in [0, 0.1) is 0 Å². The number of rotatable bonds is 7. The molecule has 0 spiro atoms. The SMILES string of the molecule is COc1ccc(CNC(=O)c2cccc(C(=O)N(C)Cc3ccccc3)c2)cc1. The van der Waals surface area contributed by atoms with Gasteiger partial charge in [0.2, 0.25) is 0 Å². The molecule has 148 valence electrons. The third-order valence-electron chi connectivity index (χ3n) is 4.59. The summed E-state index contributed by atoms with van der Waals surface area (Å²) in [5.41, 5.74) is 2.96. The molecule has 0 radical (unpaired) electrons. The van der Waals surface area contributed by atoms with Gasteiger partial charge in [0.1, 0.15) is 5.75 Å². The Kier molecular flexibility index (Phi) is 6.63. The second-order valence-corrected chi connectivity index (χ2v) is 6.76. The fraction of sp³-hybridized carbons (Fsp3) is 0.167. The van der Waals surface area contributed by atoms with Crippen LogP contribution in [0.15, 0.2) is 78.9 Å². The predicted molar refractivity (Wildman–Crippen MR) is 113 cm³/mol. The first kappa shape index (κ1) is 20.1. The summed E-state index contributed by atoms with van der Waals surface area (Å²) in [5.74, 6) is 0.422. The molecular formula is C24H24N2O3. The van der Waals surface area contributed by atoms with E-state index in [1.807, 2.05) is 54.6 Å². The molecule has 0 aliphatic carbocycles. The van der Waals surface area contributed by atoms with Crippen molar-refractivity contribution in [2.24, 2.45) is 0 Å². The fourth-order valence-corrected chi connectivity index (χ4v) is 2.97. The summed E-state index contributed by atoms with van der Waals surface area (Å²) >= 11 is 0. The van der Waals surface area contributed by atoms with E-state index in [-0.39, 0.29) is 11.8 Å². The van der Waals surface area contributed by atoms with E-state index >= 15 is 0 Å². The Morgan fingerprint density at radius 2 is 1.55 bits per heavy atom. The van der Waals surface area contributed by atoms with Gasteiger partial charge in [0.05, 0.1) is 7.11 Å². The Morgan fingerprint density at radius 3 is 2.24 bits per heavy atom. The summed E-state index contributed by atoms with van der Waals surface area (Å²) in [6, 6.07) is 24.1. The molecule has 2 amide bonds. The molecule has 0 heterocycles. The molecule has 0 saturated heterocycles. The predicted octanol–water partition coefficient (Wildman–Crippen LogP) is 3.90. The van der Waals surface area contributed by atoms with Gasteiger partial charge in [-0.15, -0.1) is 0 Å². The minimum absolute atomic E-state index is 0.126. The first-order valence-corrected chi connectivity index (χ1v) is 9.37. The van der Waals surface area contributed by atoms with E-state index in [4.69, 9.17) is 4.74 Å². The second kappa shape index (κ2) is 9.55. The standard InChI is InChI=1S/C24H24N2O3/c1-26(17-19-7-4-3-5-8-19)24(28)21-10-6-9-20(15-21)23(27)25-16-18-11-13-22(29-2)14-12-18/h3-15H,16-17H2,1-2H3,(H,25,27). The molecule has 5 heteroatoms. The summed E-state index contributed by atoms with van der Waals surface area (Å²) < 4.78 is 5.13. The summed E-state index contributed by atoms with van der Waals surface area (Å²) in [6.45, 7) is 0.905. The maximum absolute atomic E-state index is 12.7. The van der Waals surface area contributed by atoms with Crippen LogP contribution in [0.2, 0.25) is 0 Å². The molecule has 5 nitrogen and oxygen atoms in total. The lowest BCUT2D eigenvalue weighted by Gasteiger charge is -2.17. The molecule has 0 atom stereocenters. The zero-order valence-electron chi connectivity index (χ0n) is 16.6. The average Bonchev–Trinajstić information content (AvgIpc) is 2.78. The Balaban J connectivity index is 1.62. The van der Waals surface area contributed by atoms with Crippen LogP contribution in [0.25, 0.3) is 0 Å². The molecule has 0 fully saturated rings. The van der Waals surface area contributed by atoms with Crippen LogP contribution in [0.1, 0.15) is 31.8 Å². The van der Waals surface area contributed by atoms with Crippen LogP contribution in [-0.4, -0.2) is 30.9 Å². The third-order valence-corrected chi connectivity index (χ3v) is 4.59. The molecule has 1 N–H and O–H groups in total. The topological polar surface area (TPSA) is 58.6 Å². The zero-order valence-corrected chi connectivity index (χ0v) is 16.6. The number of amides is 2. The van der Waals surface area contributed by atoms with Gasteiger partial charge in [-0.25, -0.2) is 0 Å². The summed E-state index contributed by atoms with van der Waals surface area (Å²) in [6.07, 6.45) is 0. The van der Waals surface area contributed by atoms with Gasteiger partial charge < -0.3 is 15.0 Å². The Bertz CT molecular complexity index is 969. The number of nitrogens with one attached hydrogen (secondary N) is 1. The molecule has 0 unspecified atom stereocenters. The van der Waals surface area contributed by atoms with E-state index in [1.165, 1.54) is 0 Å². The highest BCUT2D eigenvalue weighted by Crippen LogP contribution is 2.13. The maximum atomic E-state index is 12.7. The lowest BCUT2D eigenvalue weighted by molar-refractivity contribution is 0.0785. The van der Waals surface area contributed by atoms with Gasteiger partial charge in [0.15, 0.2) is 0 Å². The van der Waals surface area contributed by atoms with Crippen LogP contribution >= 0.6 is 0 Å². The van der Waals surface area contributed by atoms with Crippen molar-refractivity contribution in [1.82, 2.24) is 10.2 Å². The normalized spacial score (nSPS) is 10.3. The molecule has 0 saturated carbocycles. The van der Waals surface area contributed by atoms with Gasteiger partial charge in [-0.3, -0.25) is 9.59 Å². The van der Waals surface area contributed by atoms with Gasteiger partial charge >= 0.3 is 0 Å². The minimum atomic E-state index is -0.221. The lowest BCUT2D eigenvalue weighted by atomic mass is 10.1. The van der Waals surface area contributed by atoms with Gasteiger partial charge in [-0.1, -0.05) is 48.5 Å². The van der Waals surface area contributed by atoms with E-state index in [0.717, 1.165) is 16.9 Å². The molecule has 0 aliphatic heterocycles. The van der Waals surface area contributed by atoms with Crippen LogP contribution in [0.4, 0.5) is 0 Å². The van der Waals surface area contributed by atoms with Gasteiger partial charge in [0, 0.05) is 31.3 Å². The zero-order chi connectivity index (χ0) is 20.6. The van der Waals surface area contributed by atoms with Gasteiger partial charge in [0.25, 0.3) is 11.8 Å². The molecule has 0 bridgehead atoms. The largest absolute Gasteiger partial charge is 0.497 e. The third kappa shape index (κ3) is 5.45. The van der Waals surface area contributed by atoms with Crippen molar-refractivity contribution in [3.8, 4) is 5.75 Å². The molecule has 0 aliphatic rings. The minimum Gasteiger partial charge on any atom is -0.497 e. The van der Waals surface area contributed by atoms with Crippen molar-refractivity contribution >= 4 is 11.8 Å². The van der Waals surface area contributed by atoms with Crippen molar-refractivity contribution in [1.29, 1.82) is 0 Å². The van der Waals surface area contributed by atoms with E-state index in [9.17, 15) is 9.59 Å².